The van der Waals surface area contributed by atoms with Gasteiger partial charge in [-0.1, -0.05) is 31.2 Å². The Labute approximate surface area is 211 Å². The summed E-state index contributed by atoms with van der Waals surface area (Å²) in [6.07, 6.45) is 7.30. The van der Waals surface area contributed by atoms with Gasteiger partial charge in [-0.2, -0.15) is 5.26 Å². The van der Waals surface area contributed by atoms with E-state index in [1.54, 1.807) is 31.6 Å². The number of hydrogen-bond acceptors (Lipinski definition) is 5. The highest BCUT2D eigenvalue weighted by Gasteiger charge is 2.28. The van der Waals surface area contributed by atoms with E-state index in [1.165, 1.54) is 0 Å². The Balaban J connectivity index is 1.65. The van der Waals surface area contributed by atoms with Gasteiger partial charge in [-0.3, -0.25) is 9.71 Å². The molecule has 0 atom stereocenters. The van der Waals surface area contributed by atoms with Crippen LogP contribution in [-0.4, -0.2) is 30.8 Å². The van der Waals surface area contributed by atoms with Crippen molar-refractivity contribution in [2.24, 2.45) is 0 Å². The van der Waals surface area contributed by atoms with Crippen LogP contribution in [0, 0.1) is 11.3 Å². The minimum atomic E-state index is -3.37. The summed E-state index contributed by atoms with van der Waals surface area (Å²) in [7, 11) is -1.73. The molecule has 1 N–H and O–H groups in total. The van der Waals surface area contributed by atoms with Crippen LogP contribution in [0.3, 0.4) is 0 Å². The Hall–Kier alpha value is -3.83. The van der Waals surface area contributed by atoms with E-state index in [9.17, 15) is 13.7 Å². The molecule has 1 fully saturated rings. The van der Waals surface area contributed by atoms with Crippen molar-refractivity contribution >= 4 is 26.6 Å². The van der Waals surface area contributed by atoms with Crippen LogP contribution in [0.1, 0.15) is 44.2 Å². The molecule has 2 heterocycles. The second kappa shape index (κ2) is 9.67. The highest BCUT2D eigenvalue weighted by molar-refractivity contribution is 7.92. The number of benzene rings is 2. The standard InChI is InChI=1S/C28H28N4O3S/c1-3-15-36(33,34)31-21-10-7-19(8-11-21)28-24(17-29)23-12-9-20(25-18-30-14-13-27(25)35-2)16-26(23)32(28)22-5-4-6-22/h7-14,16,18,22,31H,3-6,15H2,1-2H3. The number of fused-ring (bicyclic) bond motifs is 1. The number of pyridine rings is 1. The van der Waals surface area contributed by atoms with E-state index in [0.717, 1.165) is 58.3 Å². The maximum atomic E-state index is 12.2. The number of nitrogens with one attached hydrogen (secondary N) is 1. The van der Waals surface area contributed by atoms with E-state index >= 15 is 0 Å². The zero-order chi connectivity index (χ0) is 25.3. The van der Waals surface area contributed by atoms with Crippen LogP contribution in [0.4, 0.5) is 5.69 Å². The molecule has 2 aromatic heterocycles. The summed E-state index contributed by atoms with van der Waals surface area (Å²) in [6, 6.07) is 18.0. The number of rotatable bonds is 8. The lowest BCUT2D eigenvalue weighted by Crippen LogP contribution is -2.18. The fourth-order valence-electron chi connectivity index (χ4n) is 4.87. The maximum absolute atomic E-state index is 12.2. The summed E-state index contributed by atoms with van der Waals surface area (Å²) in [6.45, 7) is 1.83. The number of methoxy groups -OCH3 is 1. The van der Waals surface area contributed by atoms with Gasteiger partial charge in [-0.05, 0) is 61.1 Å². The third-order valence-electron chi connectivity index (χ3n) is 6.77. The predicted molar refractivity (Wildman–Crippen MR) is 142 cm³/mol. The van der Waals surface area contributed by atoms with Gasteiger partial charge in [0, 0.05) is 35.1 Å². The summed E-state index contributed by atoms with van der Waals surface area (Å²) in [5.41, 5.74) is 5.77. The van der Waals surface area contributed by atoms with Crippen molar-refractivity contribution in [3.63, 3.8) is 0 Å². The van der Waals surface area contributed by atoms with E-state index in [2.05, 4.69) is 26.4 Å². The number of nitriles is 1. The summed E-state index contributed by atoms with van der Waals surface area (Å²) in [5.74, 6) is 0.820. The minimum absolute atomic E-state index is 0.0767. The molecule has 184 valence electrons. The fraction of sp³-hybridized carbons (Fsp3) is 0.286. The average molecular weight is 501 g/mol. The van der Waals surface area contributed by atoms with Crippen molar-refractivity contribution < 1.29 is 13.2 Å². The zero-order valence-electron chi connectivity index (χ0n) is 20.4. The molecule has 36 heavy (non-hydrogen) atoms. The van der Waals surface area contributed by atoms with E-state index in [0.29, 0.717) is 23.7 Å². The van der Waals surface area contributed by atoms with E-state index < -0.39 is 10.0 Å². The van der Waals surface area contributed by atoms with Gasteiger partial charge in [0.1, 0.15) is 11.8 Å². The number of hydrogen-bond donors (Lipinski definition) is 1. The Morgan fingerprint density at radius 1 is 1.14 bits per heavy atom. The van der Waals surface area contributed by atoms with Gasteiger partial charge in [0.15, 0.2) is 0 Å². The zero-order valence-corrected chi connectivity index (χ0v) is 21.2. The van der Waals surface area contributed by atoms with Crippen LogP contribution in [0.2, 0.25) is 0 Å². The summed E-state index contributed by atoms with van der Waals surface area (Å²) < 4.78 is 34.8. The molecule has 0 aliphatic heterocycles. The van der Waals surface area contributed by atoms with Crippen molar-refractivity contribution in [2.45, 2.75) is 38.6 Å². The number of nitrogens with zero attached hydrogens (tertiary/aromatic N) is 3. The largest absolute Gasteiger partial charge is 0.496 e. The fourth-order valence-corrected chi connectivity index (χ4v) is 6.01. The maximum Gasteiger partial charge on any atom is 0.232 e. The number of aromatic nitrogens is 2. The molecule has 0 radical (unpaired) electrons. The SMILES string of the molecule is CCCS(=O)(=O)Nc1ccc(-c2c(C#N)c3ccc(-c4cnccc4OC)cc3n2C2CCC2)cc1. The molecular formula is C28H28N4O3S. The van der Waals surface area contributed by atoms with Crippen molar-refractivity contribution in [1.29, 1.82) is 5.26 Å². The van der Waals surface area contributed by atoms with Crippen molar-refractivity contribution in [1.82, 2.24) is 9.55 Å². The first-order chi connectivity index (χ1) is 17.5. The molecule has 2 aromatic carbocycles. The van der Waals surface area contributed by atoms with Crippen LogP contribution in [0.25, 0.3) is 33.3 Å². The second-order valence-corrected chi connectivity index (χ2v) is 10.9. The lowest BCUT2D eigenvalue weighted by Gasteiger charge is -2.30. The normalized spacial score (nSPS) is 13.8. The molecule has 0 spiro atoms. The topological polar surface area (TPSA) is 97.0 Å². The predicted octanol–water partition coefficient (Wildman–Crippen LogP) is 6.13. The van der Waals surface area contributed by atoms with Gasteiger partial charge in [0.05, 0.1) is 29.6 Å². The van der Waals surface area contributed by atoms with Gasteiger partial charge in [0.25, 0.3) is 0 Å². The molecule has 5 rings (SSSR count). The third-order valence-corrected chi connectivity index (χ3v) is 8.26. The average Bonchev–Trinajstić information content (AvgIpc) is 3.16. The monoisotopic (exact) mass is 500 g/mol. The van der Waals surface area contributed by atoms with E-state index in [4.69, 9.17) is 4.74 Å². The van der Waals surface area contributed by atoms with Crippen LogP contribution in [0.15, 0.2) is 60.9 Å². The molecule has 0 unspecified atom stereocenters. The van der Waals surface area contributed by atoms with Crippen molar-refractivity contribution in [3.8, 4) is 34.2 Å². The summed E-state index contributed by atoms with van der Waals surface area (Å²) >= 11 is 0. The molecule has 0 saturated heterocycles. The third kappa shape index (κ3) is 4.31. The second-order valence-electron chi connectivity index (χ2n) is 9.10. The van der Waals surface area contributed by atoms with Gasteiger partial charge < -0.3 is 9.30 Å². The molecule has 0 bridgehead atoms. The van der Waals surface area contributed by atoms with Gasteiger partial charge in [0.2, 0.25) is 10.0 Å². The molecule has 1 saturated carbocycles. The molecule has 4 aromatic rings. The summed E-state index contributed by atoms with van der Waals surface area (Å²) in [4.78, 5) is 4.28. The quantitative estimate of drug-likeness (QED) is 0.314. The van der Waals surface area contributed by atoms with E-state index in [-0.39, 0.29) is 5.75 Å². The van der Waals surface area contributed by atoms with Gasteiger partial charge in [-0.15, -0.1) is 0 Å². The van der Waals surface area contributed by atoms with E-state index in [1.807, 2.05) is 37.3 Å². The Kier molecular flexibility index (Phi) is 6.42. The first-order valence-electron chi connectivity index (χ1n) is 12.1. The molecule has 7 nitrogen and oxygen atoms in total. The van der Waals surface area contributed by atoms with Gasteiger partial charge >= 0.3 is 0 Å². The van der Waals surface area contributed by atoms with Gasteiger partial charge in [-0.25, -0.2) is 8.42 Å². The Morgan fingerprint density at radius 2 is 1.89 bits per heavy atom. The Morgan fingerprint density at radius 3 is 2.53 bits per heavy atom. The number of anilines is 1. The van der Waals surface area contributed by atoms with Crippen molar-refractivity contribution in [2.75, 3.05) is 17.6 Å². The van der Waals surface area contributed by atoms with Crippen LogP contribution >= 0.6 is 0 Å². The lowest BCUT2D eigenvalue weighted by atomic mass is 9.92. The molecule has 8 heteroatoms. The first kappa shape index (κ1) is 23.9. The Bertz CT molecular complexity index is 1560. The minimum Gasteiger partial charge on any atom is -0.496 e. The van der Waals surface area contributed by atoms with Crippen molar-refractivity contribution in [3.05, 3.63) is 66.5 Å². The number of ether oxygens (including phenoxy) is 1. The smallest absolute Gasteiger partial charge is 0.232 e. The summed E-state index contributed by atoms with van der Waals surface area (Å²) in [5, 5.41) is 11.1. The van der Waals surface area contributed by atoms with Crippen LogP contribution in [-0.2, 0) is 10.0 Å². The lowest BCUT2D eigenvalue weighted by molar-refractivity contribution is 0.324. The molecule has 0 amide bonds. The van der Waals surface area contributed by atoms with Crippen LogP contribution in [0.5, 0.6) is 5.75 Å². The highest BCUT2D eigenvalue weighted by atomic mass is 32.2. The van der Waals surface area contributed by atoms with Crippen LogP contribution < -0.4 is 9.46 Å². The number of sulfonamides is 1. The molecule has 1 aliphatic rings. The molecule has 1 aliphatic carbocycles. The first-order valence-corrected chi connectivity index (χ1v) is 13.8. The molecular weight excluding hydrogens is 472 g/mol. The highest BCUT2D eigenvalue weighted by Crippen LogP contribution is 2.44.